The highest BCUT2D eigenvalue weighted by Gasteiger charge is 2.54. The van der Waals surface area contributed by atoms with Crippen LogP contribution in [0.2, 0.25) is 0 Å². The van der Waals surface area contributed by atoms with Crippen LogP contribution in [0.5, 0.6) is 0 Å². The Kier molecular flexibility index (Phi) is 6.34. The zero-order valence-corrected chi connectivity index (χ0v) is 18.1. The predicted octanol–water partition coefficient (Wildman–Crippen LogP) is 3.09. The normalized spacial score (nSPS) is 18.9. The van der Waals surface area contributed by atoms with E-state index in [2.05, 4.69) is 4.98 Å². The summed E-state index contributed by atoms with van der Waals surface area (Å²) in [6.45, 7) is 6.79. The number of amides is 3. The molecule has 1 saturated heterocycles. The van der Waals surface area contributed by atoms with Crippen molar-refractivity contribution in [2.45, 2.75) is 45.6 Å². The molecule has 1 atom stereocenters. The maximum absolute atomic E-state index is 13.7. The van der Waals surface area contributed by atoms with Crippen LogP contribution in [-0.2, 0) is 26.3 Å². The number of carbonyl (C=O) groups is 3. The zero-order chi connectivity index (χ0) is 21.9. The molecule has 2 heterocycles. The molecule has 0 aliphatic carbocycles. The van der Waals surface area contributed by atoms with Crippen molar-refractivity contribution < 1.29 is 14.4 Å². The molecular formula is C24H29N3O3. The van der Waals surface area contributed by atoms with Crippen molar-refractivity contribution in [1.29, 1.82) is 0 Å². The van der Waals surface area contributed by atoms with Gasteiger partial charge in [-0.2, -0.15) is 0 Å². The number of rotatable bonds is 7. The topological polar surface area (TPSA) is 70.6 Å². The molecule has 1 aliphatic rings. The van der Waals surface area contributed by atoms with Crippen molar-refractivity contribution in [3.63, 3.8) is 0 Å². The first-order chi connectivity index (χ1) is 14.2. The molecular weight excluding hydrogens is 378 g/mol. The maximum atomic E-state index is 13.7. The minimum atomic E-state index is -1.17. The number of likely N-dealkylation sites (tertiary alicyclic amines) is 1. The van der Waals surface area contributed by atoms with E-state index in [1.807, 2.05) is 45.0 Å². The summed E-state index contributed by atoms with van der Waals surface area (Å²) in [7, 11) is 1.75. The van der Waals surface area contributed by atoms with Crippen LogP contribution in [0.1, 0.15) is 43.4 Å². The first-order valence-electron chi connectivity index (χ1n) is 10.3. The lowest BCUT2D eigenvalue weighted by molar-refractivity contribution is -0.143. The molecule has 1 aliphatic heterocycles. The van der Waals surface area contributed by atoms with Crippen molar-refractivity contribution in [3.05, 3.63) is 65.5 Å². The van der Waals surface area contributed by atoms with E-state index in [1.54, 1.807) is 36.5 Å². The van der Waals surface area contributed by atoms with Gasteiger partial charge in [0.15, 0.2) is 0 Å². The molecule has 6 heteroatoms. The van der Waals surface area contributed by atoms with Gasteiger partial charge in [-0.05, 0) is 41.7 Å². The van der Waals surface area contributed by atoms with Gasteiger partial charge < -0.3 is 4.90 Å². The maximum Gasteiger partial charge on any atom is 0.241 e. The van der Waals surface area contributed by atoms with Gasteiger partial charge in [-0.25, -0.2) is 0 Å². The molecule has 0 radical (unpaired) electrons. The van der Waals surface area contributed by atoms with Crippen LogP contribution >= 0.6 is 0 Å². The number of nitrogens with zero attached hydrogens (tertiary/aromatic N) is 3. The highest BCUT2D eigenvalue weighted by atomic mass is 16.2. The fourth-order valence-corrected chi connectivity index (χ4v) is 4.23. The zero-order valence-electron chi connectivity index (χ0n) is 18.1. The van der Waals surface area contributed by atoms with Crippen molar-refractivity contribution >= 4 is 17.7 Å². The van der Waals surface area contributed by atoms with Crippen molar-refractivity contribution in [2.24, 2.45) is 5.92 Å². The summed E-state index contributed by atoms with van der Waals surface area (Å²) in [6.07, 6.45) is 3.26. The summed E-state index contributed by atoms with van der Waals surface area (Å²) in [5.74, 6) is -0.361. The van der Waals surface area contributed by atoms with Crippen LogP contribution in [0.3, 0.4) is 0 Å². The minimum absolute atomic E-state index is 0.00300. The Morgan fingerprint density at radius 1 is 1.17 bits per heavy atom. The number of hydrogen-bond acceptors (Lipinski definition) is 4. The van der Waals surface area contributed by atoms with Gasteiger partial charge in [0.2, 0.25) is 17.7 Å². The monoisotopic (exact) mass is 407 g/mol. The highest BCUT2D eigenvalue weighted by Crippen LogP contribution is 2.42. The Labute approximate surface area is 177 Å². The molecule has 0 spiro atoms. The van der Waals surface area contributed by atoms with Gasteiger partial charge in [0.05, 0.1) is 12.0 Å². The van der Waals surface area contributed by atoms with E-state index >= 15 is 0 Å². The van der Waals surface area contributed by atoms with Gasteiger partial charge in [0.25, 0.3) is 0 Å². The third-order valence-corrected chi connectivity index (χ3v) is 5.68. The van der Waals surface area contributed by atoms with Crippen molar-refractivity contribution in [1.82, 2.24) is 14.8 Å². The summed E-state index contributed by atoms with van der Waals surface area (Å²) in [5.41, 5.74) is 1.32. The fourth-order valence-electron chi connectivity index (χ4n) is 4.23. The van der Waals surface area contributed by atoms with Crippen molar-refractivity contribution in [2.75, 3.05) is 13.6 Å². The summed E-state index contributed by atoms with van der Waals surface area (Å²) in [6, 6.07) is 11.1. The van der Waals surface area contributed by atoms with Gasteiger partial charge in [0.1, 0.15) is 0 Å². The molecule has 1 fully saturated rings. The average molecular weight is 408 g/mol. The van der Waals surface area contributed by atoms with E-state index < -0.39 is 5.41 Å². The molecule has 1 aromatic carbocycles. The first kappa shape index (κ1) is 21.7. The smallest absolute Gasteiger partial charge is 0.241 e. The number of carbonyl (C=O) groups excluding carboxylic acids is 3. The van der Waals surface area contributed by atoms with Gasteiger partial charge in [-0.1, -0.05) is 38.1 Å². The minimum Gasteiger partial charge on any atom is -0.345 e. The number of aryl methyl sites for hydroxylation is 1. The molecule has 0 N–H and O–H groups in total. The van der Waals surface area contributed by atoms with E-state index in [1.165, 1.54) is 4.90 Å². The molecule has 3 rings (SSSR count). The molecule has 6 nitrogen and oxygen atoms in total. The van der Waals surface area contributed by atoms with Crippen LogP contribution in [0.4, 0.5) is 0 Å². The Balaban J connectivity index is 1.98. The quantitative estimate of drug-likeness (QED) is 0.662. The Morgan fingerprint density at radius 2 is 1.83 bits per heavy atom. The standard InChI is InChI=1S/C24H29N3O3/c1-17(2)15-26(4)21(28)13-24(20-8-6-5-7-18(20)3)14-22(29)27(23(24)30)16-19-9-11-25-12-10-19/h5-12,17H,13-16H2,1-4H3. The number of benzene rings is 1. The van der Waals surface area contributed by atoms with E-state index in [0.29, 0.717) is 12.5 Å². The second-order valence-electron chi connectivity index (χ2n) is 8.56. The lowest BCUT2D eigenvalue weighted by Gasteiger charge is -2.31. The molecule has 2 aromatic rings. The lowest BCUT2D eigenvalue weighted by atomic mass is 9.74. The number of pyridine rings is 1. The van der Waals surface area contributed by atoms with E-state index in [0.717, 1.165) is 16.7 Å². The summed E-state index contributed by atoms with van der Waals surface area (Å²) in [4.78, 5) is 46.7. The average Bonchev–Trinajstić information content (AvgIpc) is 2.93. The Bertz CT molecular complexity index is 942. The Morgan fingerprint density at radius 3 is 2.47 bits per heavy atom. The van der Waals surface area contributed by atoms with Crippen LogP contribution in [0.25, 0.3) is 0 Å². The first-order valence-corrected chi connectivity index (χ1v) is 10.3. The SMILES string of the molecule is Cc1ccccc1C1(CC(=O)N(C)CC(C)C)CC(=O)N(Cc2ccncc2)C1=O. The second kappa shape index (κ2) is 8.78. The van der Waals surface area contributed by atoms with E-state index in [9.17, 15) is 14.4 Å². The van der Waals surface area contributed by atoms with E-state index in [-0.39, 0.29) is 37.1 Å². The molecule has 1 unspecified atom stereocenters. The van der Waals surface area contributed by atoms with E-state index in [4.69, 9.17) is 0 Å². The molecule has 3 amide bonds. The summed E-state index contributed by atoms with van der Waals surface area (Å²) < 4.78 is 0. The molecule has 0 saturated carbocycles. The summed E-state index contributed by atoms with van der Waals surface area (Å²) in [5, 5.41) is 0. The number of imide groups is 1. The molecule has 0 bridgehead atoms. The largest absolute Gasteiger partial charge is 0.345 e. The third kappa shape index (κ3) is 4.27. The molecule has 158 valence electrons. The number of aromatic nitrogens is 1. The highest BCUT2D eigenvalue weighted by molar-refractivity contribution is 6.10. The van der Waals surface area contributed by atoms with Crippen LogP contribution in [-0.4, -0.2) is 46.1 Å². The molecule has 30 heavy (non-hydrogen) atoms. The van der Waals surface area contributed by atoms with Gasteiger partial charge >= 0.3 is 0 Å². The third-order valence-electron chi connectivity index (χ3n) is 5.68. The number of hydrogen-bond donors (Lipinski definition) is 0. The van der Waals surface area contributed by atoms with Gasteiger partial charge in [-0.15, -0.1) is 0 Å². The van der Waals surface area contributed by atoms with Gasteiger partial charge in [0, 0.05) is 38.8 Å². The predicted molar refractivity (Wildman–Crippen MR) is 114 cm³/mol. The summed E-state index contributed by atoms with van der Waals surface area (Å²) >= 11 is 0. The van der Waals surface area contributed by atoms with Crippen LogP contribution < -0.4 is 0 Å². The van der Waals surface area contributed by atoms with Crippen molar-refractivity contribution in [3.8, 4) is 0 Å². The second-order valence-corrected chi connectivity index (χ2v) is 8.56. The fraction of sp³-hybridized carbons (Fsp3) is 0.417. The van der Waals surface area contributed by atoms with Gasteiger partial charge in [-0.3, -0.25) is 24.3 Å². The molecule has 1 aromatic heterocycles. The van der Waals surface area contributed by atoms with Crippen LogP contribution in [0, 0.1) is 12.8 Å². The van der Waals surface area contributed by atoms with Crippen LogP contribution in [0.15, 0.2) is 48.8 Å². The lowest BCUT2D eigenvalue weighted by Crippen LogP contribution is -2.43. The Hall–Kier alpha value is -3.02.